The van der Waals surface area contributed by atoms with Gasteiger partial charge in [0, 0.05) is 18.0 Å². The molecular formula is C14H11N3OS2. The van der Waals surface area contributed by atoms with Gasteiger partial charge in [-0.25, -0.2) is 4.98 Å². The van der Waals surface area contributed by atoms with E-state index >= 15 is 0 Å². The van der Waals surface area contributed by atoms with E-state index in [1.165, 1.54) is 22.7 Å². The summed E-state index contributed by atoms with van der Waals surface area (Å²) < 4.78 is 0. The molecule has 0 radical (unpaired) electrons. The number of thiazole rings is 1. The van der Waals surface area contributed by atoms with Crippen LogP contribution in [0.2, 0.25) is 0 Å². The molecule has 100 valence electrons. The van der Waals surface area contributed by atoms with Gasteiger partial charge >= 0.3 is 0 Å². The Kier molecular flexibility index (Phi) is 3.58. The van der Waals surface area contributed by atoms with Gasteiger partial charge in [-0.15, -0.1) is 11.3 Å². The maximum Gasteiger partial charge on any atom is 0.267 e. The fraction of sp³-hybridized carbons (Fsp3) is 0.0714. The quantitative estimate of drug-likeness (QED) is 0.800. The summed E-state index contributed by atoms with van der Waals surface area (Å²) in [5.74, 6) is -0.119. The molecule has 0 fully saturated rings. The van der Waals surface area contributed by atoms with Crippen LogP contribution in [-0.4, -0.2) is 15.9 Å². The number of carbonyl (C=O) groups excluding carboxylic acids is 1. The van der Waals surface area contributed by atoms with Crippen LogP contribution in [0, 0.1) is 6.92 Å². The zero-order valence-electron chi connectivity index (χ0n) is 10.7. The zero-order valence-corrected chi connectivity index (χ0v) is 12.3. The lowest BCUT2D eigenvalue weighted by Crippen LogP contribution is -2.09. The second-order valence-electron chi connectivity index (χ2n) is 4.11. The largest absolute Gasteiger partial charge is 0.297 e. The number of hydrogen-bond acceptors (Lipinski definition) is 5. The molecule has 20 heavy (non-hydrogen) atoms. The Morgan fingerprint density at radius 2 is 2.20 bits per heavy atom. The van der Waals surface area contributed by atoms with Crippen molar-refractivity contribution in [1.82, 2.24) is 9.97 Å². The first kappa shape index (κ1) is 13.0. The molecule has 0 bridgehead atoms. The Balaban J connectivity index is 1.85. The molecule has 0 aliphatic rings. The van der Waals surface area contributed by atoms with Crippen LogP contribution < -0.4 is 5.32 Å². The van der Waals surface area contributed by atoms with Crippen molar-refractivity contribution in [3.63, 3.8) is 0 Å². The lowest BCUT2D eigenvalue weighted by molar-refractivity contribution is 0.103. The van der Waals surface area contributed by atoms with Crippen molar-refractivity contribution in [2.45, 2.75) is 6.92 Å². The highest BCUT2D eigenvalue weighted by atomic mass is 32.1. The number of amides is 1. The number of hydrogen-bond donors (Lipinski definition) is 1. The van der Waals surface area contributed by atoms with E-state index < -0.39 is 0 Å². The van der Waals surface area contributed by atoms with E-state index in [-0.39, 0.29) is 5.91 Å². The number of rotatable bonds is 3. The van der Waals surface area contributed by atoms with E-state index in [9.17, 15) is 4.79 Å². The van der Waals surface area contributed by atoms with Crippen LogP contribution in [0.15, 0.2) is 42.0 Å². The van der Waals surface area contributed by atoms with Gasteiger partial charge in [-0.1, -0.05) is 23.5 Å². The first-order valence-electron chi connectivity index (χ1n) is 5.97. The molecule has 0 unspecified atom stereocenters. The highest BCUT2D eigenvalue weighted by molar-refractivity contribution is 7.19. The Morgan fingerprint density at radius 3 is 2.90 bits per heavy atom. The van der Waals surface area contributed by atoms with Gasteiger partial charge in [0.2, 0.25) is 0 Å². The van der Waals surface area contributed by atoms with Crippen LogP contribution in [0.1, 0.15) is 15.4 Å². The first-order valence-corrected chi connectivity index (χ1v) is 7.66. The van der Waals surface area contributed by atoms with Crippen LogP contribution in [0.3, 0.4) is 0 Å². The maximum atomic E-state index is 12.0. The van der Waals surface area contributed by atoms with E-state index in [1.807, 2.05) is 30.5 Å². The summed E-state index contributed by atoms with van der Waals surface area (Å²) in [7, 11) is 0. The van der Waals surface area contributed by atoms with E-state index in [0.717, 1.165) is 16.1 Å². The van der Waals surface area contributed by atoms with Gasteiger partial charge in [0.25, 0.3) is 5.91 Å². The Hall–Kier alpha value is -2.05. The minimum Gasteiger partial charge on any atom is -0.297 e. The second kappa shape index (κ2) is 5.52. The lowest BCUT2D eigenvalue weighted by Gasteiger charge is -1.97. The summed E-state index contributed by atoms with van der Waals surface area (Å²) in [5.41, 5.74) is 1.91. The van der Waals surface area contributed by atoms with Crippen LogP contribution in [0.25, 0.3) is 10.4 Å². The van der Waals surface area contributed by atoms with Gasteiger partial charge in [0.1, 0.15) is 0 Å². The monoisotopic (exact) mass is 301 g/mol. The fourth-order valence-corrected chi connectivity index (χ4v) is 3.35. The minimum absolute atomic E-state index is 0.119. The molecule has 0 aromatic carbocycles. The van der Waals surface area contributed by atoms with E-state index in [1.54, 1.807) is 18.5 Å². The van der Waals surface area contributed by atoms with Crippen molar-refractivity contribution in [1.29, 1.82) is 0 Å². The van der Waals surface area contributed by atoms with Gasteiger partial charge in [0.15, 0.2) is 5.13 Å². The summed E-state index contributed by atoms with van der Waals surface area (Å²) >= 11 is 2.87. The molecule has 6 heteroatoms. The molecule has 0 spiro atoms. The highest BCUT2D eigenvalue weighted by Crippen LogP contribution is 2.32. The molecule has 4 nitrogen and oxygen atoms in total. The number of carbonyl (C=O) groups is 1. The molecule has 0 atom stereocenters. The second-order valence-corrected chi connectivity index (χ2v) is 6.05. The van der Waals surface area contributed by atoms with Crippen LogP contribution in [-0.2, 0) is 0 Å². The molecule has 0 aliphatic carbocycles. The van der Waals surface area contributed by atoms with Crippen molar-refractivity contribution in [3.05, 3.63) is 52.6 Å². The van der Waals surface area contributed by atoms with Crippen LogP contribution in [0.5, 0.6) is 0 Å². The maximum absolute atomic E-state index is 12.0. The van der Waals surface area contributed by atoms with Gasteiger partial charge in [-0.3, -0.25) is 15.1 Å². The number of thiophene rings is 1. The van der Waals surface area contributed by atoms with E-state index in [2.05, 4.69) is 15.3 Å². The zero-order chi connectivity index (χ0) is 13.9. The summed E-state index contributed by atoms with van der Waals surface area (Å²) in [5, 5.41) is 5.32. The van der Waals surface area contributed by atoms with Gasteiger partial charge in [-0.2, -0.15) is 0 Å². The number of pyridine rings is 1. The summed E-state index contributed by atoms with van der Waals surface area (Å²) in [4.78, 5) is 22.2. The molecule has 3 aromatic heterocycles. The molecule has 3 heterocycles. The SMILES string of the molecule is Cc1nc(NC(=O)c2cccs2)sc1-c1cccnc1. The van der Waals surface area contributed by atoms with Gasteiger partial charge in [-0.05, 0) is 24.4 Å². The predicted molar refractivity (Wildman–Crippen MR) is 82.4 cm³/mol. The summed E-state index contributed by atoms with van der Waals surface area (Å²) in [6.45, 7) is 1.93. The predicted octanol–water partition coefficient (Wildman–Crippen LogP) is 3.83. The average molecular weight is 301 g/mol. The first-order chi connectivity index (χ1) is 9.74. The molecule has 3 rings (SSSR count). The normalized spacial score (nSPS) is 10.4. The van der Waals surface area contributed by atoms with Crippen molar-refractivity contribution in [2.24, 2.45) is 0 Å². The number of anilines is 1. The fourth-order valence-electron chi connectivity index (χ4n) is 1.78. The van der Waals surface area contributed by atoms with Crippen molar-refractivity contribution in [2.75, 3.05) is 5.32 Å². The number of nitrogens with one attached hydrogen (secondary N) is 1. The minimum atomic E-state index is -0.119. The van der Waals surface area contributed by atoms with E-state index in [0.29, 0.717) is 10.0 Å². The molecule has 1 N–H and O–H groups in total. The van der Waals surface area contributed by atoms with Crippen molar-refractivity contribution < 1.29 is 4.79 Å². The number of aryl methyl sites for hydroxylation is 1. The lowest BCUT2D eigenvalue weighted by atomic mass is 10.2. The number of nitrogens with zero attached hydrogens (tertiary/aromatic N) is 2. The Morgan fingerprint density at radius 1 is 1.30 bits per heavy atom. The van der Waals surface area contributed by atoms with Crippen LogP contribution in [0.4, 0.5) is 5.13 Å². The summed E-state index contributed by atoms with van der Waals surface area (Å²) in [6.07, 6.45) is 3.53. The van der Waals surface area contributed by atoms with Gasteiger partial charge < -0.3 is 0 Å². The Labute approximate surface area is 124 Å². The molecular weight excluding hydrogens is 290 g/mol. The molecule has 0 saturated carbocycles. The molecule has 0 aliphatic heterocycles. The molecule has 3 aromatic rings. The van der Waals surface area contributed by atoms with Gasteiger partial charge in [0.05, 0.1) is 15.4 Å². The van der Waals surface area contributed by atoms with E-state index in [4.69, 9.17) is 0 Å². The average Bonchev–Trinajstić information content (AvgIpc) is 3.09. The molecule has 0 saturated heterocycles. The smallest absolute Gasteiger partial charge is 0.267 e. The van der Waals surface area contributed by atoms with Crippen LogP contribution >= 0.6 is 22.7 Å². The third-order valence-electron chi connectivity index (χ3n) is 2.69. The van der Waals surface area contributed by atoms with Crippen molar-refractivity contribution in [3.8, 4) is 10.4 Å². The number of aromatic nitrogens is 2. The highest BCUT2D eigenvalue weighted by Gasteiger charge is 2.13. The Bertz CT molecular complexity index is 720. The van der Waals surface area contributed by atoms with Crippen molar-refractivity contribution >= 4 is 33.7 Å². The third kappa shape index (κ3) is 2.61. The summed E-state index contributed by atoms with van der Waals surface area (Å²) in [6, 6.07) is 7.52. The topological polar surface area (TPSA) is 54.9 Å². The standard InChI is InChI=1S/C14H11N3OS2/c1-9-12(10-4-2-6-15-8-10)20-14(16-9)17-13(18)11-5-3-7-19-11/h2-8H,1H3,(H,16,17,18). The molecule has 1 amide bonds. The third-order valence-corrected chi connectivity index (χ3v) is 4.68.